The summed E-state index contributed by atoms with van der Waals surface area (Å²) in [7, 11) is 1.72. The van der Waals surface area contributed by atoms with Crippen LogP contribution in [0.5, 0.6) is 0 Å². The van der Waals surface area contributed by atoms with Crippen LogP contribution in [0.1, 0.15) is 60.9 Å². The second-order valence-corrected chi connectivity index (χ2v) is 8.91. The Balaban J connectivity index is 1.42. The molecule has 2 aliphatic heterocycles. The van der Waals surface area contributed by atoms with Crippen LogP contribution in [0.2, 0.25) is 0 Å². The molecule has 0 unspecified atom stereocenters. The quantitative estimate of drug-likeness (QED) is 0.674. The van der Waals surface area contributed by atoms with E-state index < -0.39 is 0 Å². The van der Waals surface area contributed by atoms with Gasteiger partial charge in [-0.15, -0.1) is 0 Å². The Bertz CT molecular complexity index is 850. The molecule has 168 valence electrons. The van der Waals surface area contributed by atoms with Gasteiger partial charge in [-0.3, -0.25) is 4.79 Å². The molecule has 0 spiro atoms. The molecule has 3 heterocycles. The molecule has 4 rings (SSSR count). The smallest absolute Gasteiger partial charge is 0.229 e. The van der Waals surface area contributed by atoms with Gasteiger partial charge in [-0.2, -0.15) is 4.98 Å². The Morgan fingerprint density at radius 3 is 2.58 bits per heavy atom. The molecule has 2 aliphatic rings. The largest absolute Gasteiger partial charge is 0.385 e. The van der Waals surface area contributed by atoms with Crippen molar-refractivity contribution in [3.8, 4) is 0 Å². The zero-order chi connectivity index (χ0) is 21.7. The number of aromatic nitrogens is 2. The lowest BCUT2D eigenvalue weighted by Crippen LogP contribution is -2.46. The molecule has 31 heavy (non-hydrogen) atoms. The summed E-state index contributed by atoms with van der Waals surface area (Å²) in [5.74, 6) is 1.97. The summed E-state index contributed by atoms with van der Waals surface area (Å²) in [5, 5.41) is 4.40. The van der Waals surface area contributed by atoms with Crippen LogP contribution in [-0.4, -0.2) is 61.0 Å². The minimum atomic E-state index is -0.205. The van der Waals surface area contributed by atoms with E-state index in [1.54, 1.807) is 7.11 Å². The van der Waals surface area contributed by atoms with Crippen LogP contribution in [0.15, 0.2) is 28.8 Å². The Labute approximate surface area is 184 Å². The van der Waals surface area contributed by atoms with Gasteiger partial charge in [0.25, 0.3) is 0 Å². The molecule has 0 radical (unpaired) electrons. The van der Waals surface area contributed by atoms with Gasteiger partial charge < -0.3 is 18.9 Å². The maximum atomic E-state index is 12.9. The highest BCUT2D eigenvalue weighted by molar-refractivity contribution is 5.79. The number of carbonyl (C=O) groups is 1. The molecule has 0 aliphatic carbocycles. The number of likely N-dealkylation sites (tertiary alicyclic amines) is 1. The molecule has 0 saturated carbocycles. The van der Waals surface area contributed by atoms with Gasteiger partial charge in [0.15, 0.2) is 5.82 Å². The SMILES string of the molecule is COCCC1(c2noc(C3CCOCC3)n2)CCN(C(=O)Cc2ccc(C)cc2)CC1. The first-order chi connectivity index (χ1) is 15.1. The van der Waals surface area contributed by atoms with Gasteiger partial charge in [-0.05, 0) is 44.6 Å². The van der Waals surface area contributed by atoms with E-state index in [0.717, 1.165) is 62.6 Å². The van der Waals surface area contributed by atoms with Crippen LogP contribution in [0.4, 0.5) is 0 Å². The molecule has 7 heteroatoms. The highest BCUT2D eigenvalue weighted by Gasteiger charge is 2.41. The monoisotopic (exact) mass is 427 g/mol. The summed E-state index contributed by atoms with van der Waals surface area (Å²) in [6.07, 6.45) is 4.77. The van der Waals surface area contributed by atoms with E-state index in [4.69, 9.17) is 19.0 Å². The van der Waals surface area contributed by atoms with E-state index in [2.05, 4.69) is 24.2 Å². The van der Waals surface area contributed by atoms with Crippen molar-refractivity contribution in [2.45, 2.75) is 56.8 Å². The highest BCUT2D eigenvalue weighted by atomic mass is 16.5. The van der Waals surface area contributed by atoms with Crippen LogP contribution in [-0.2, 0) is 26.1 Å². The maximum absolute atomic E-state index is 12.9. The summed E-state index contributed by atoms with van der Waals surface area (Å²) in [5.41, 5.74) is 2.06. The molecular weight excluding hydrogens is 394 g/mol. The summed E-state index contributed by atoms with van der Waals surface area (Å²) >= 11 is 0. The molecule has 1 amide bonds. The van der Waals surface area contributed by atoms with Gasteiger partial charge in [0.1, 0.15) is 0 Å². The number of hydrogen-bond acceptors (Lipinski definition) is 6. The predicted molar refractivity (Wildman–Crippen MR) is 116 cm³/mol. The van der Waals surface area contributed by atoms with Gasteiger partial charge in [0.05, 0.1) is 6.42 Å². The molecule has 0 bridgehead atoms. The fourth-order valence-electron chi connectivity index (χ4n) is 4.62. The average Bonchev–Trinajstić information content (AvgIpc) is 3.31. The number of amides is 1. The van der Waals surface area contributed by atoms with Crippen molar-refractivity contribution in [1.82, 2.24) is 15.0 Å². The third-order valence-corrected chi connectivity index (χ3v) is 6.82. The Morgan fingerprint density at radius 2 is 1.90 bits per heavy atom. The number of benzene rings is 1. The lowest BCUT2D eigenvalue weighted by Gasteiger charge is -2.40. The first-order valence-electron chi connectivity index (χ1n) is 11.3. The maximum Gasteiger partial charge on any atom is 0.229 e. The van der Waals surface area contributed by atoms with Gasteiger partial charge in [0.2, 0.25) is 11.8 Å². The third kappa shape index (κ3) is 5.15. The van der Waals surface area contributed by atoms with Gasteiger partial charge in [-0.1, -0.05) is 35.0 Å². The van der Waals surface area contributed by atoms with E-state index in [0.29, 0.717) is 26.1 Å². The van der Waals surface area contributed by atoms with Gasteiger partial charge >= 0.3 is 0 Å². The zero-order valence-electron chi connectivity index (χ0n) is 18.6. The van der Waals surface area contributed by atoms with E-state index in [-0.39, 0.29) is 17.2 Å². The van der Waals surface area contributed by atoms with Crippen molar-refractivity contribution < 1.29 is 18.8 Å². The first kappa shape index (κ1) is 22.0. The minimum absolute atomic E-state index is 0.181. The van der Waals surface area contributed by atoms with Gasteiger partial charge in [-0.25, -0.2) is 0 Å². The number of carbonyl (C=O) groups excluding carboxylic acids is 1. The Morgan fingerprint density at radius 1 is 1.19 bits per heavy atom. The third-order valence-electron chi connectivity index (χ3n) is 6.82. The summed E-state index contributed by atoms with van der Waals surface area (Å²) in [4.78, 5) is 19.7. The average molecular weight is 428 g/mol. The minimum Gasteiger partial charge on any atom is -0.385 e. The highest BCUT2D eigenvalue weighted by Crippen LogP contribution is 2.38. The Hall–Kier alpha value is -2.25. The van der Waals surface area contributed by atoms with E-state index in [9.17, 15) is 4.79 Å². The lowest BCUT2D eigenvalue weighted by atomic mass is 9.75. The molecule has 2 aromatic rings. The molecular formula is C24H33N3O4. The standard InChI is InChI=1S/C24H33N3O4/c1-18-3-5-19(6-4-18)17-21(28)27-12-9-24(10-13-27,11-16-29-2)23-25-22(31-26-23)20-7-14-30-15-8-20/h3-6,20H,7-17H2,1-2H3. The van der Waals surface area contributed by atoms with Crippen molar-refractivity contribution >= 4 is 5.91 Å². The number of methoxy groups -OCH3 is 1. The molecule has 1 aromatic heterocycles. The summed E-state index contributed by atoms with van der Waals surface area (Å²) in [6.45, 7) is 5.59. The topological polar surface area (TPSA) is 77.7 Å². The second kappa shape index (κ2) is 9.92. The Kier molecular flexibility index (Phi) is 7.02. The van der Waals surface area contributed by atoms with E-state index >= 15 is 0 Å². The van der Waals surface area contributed by atoms with Crippen molar-refractivity contribution in [2.24, 2.45) is 0 Å². The number of hydrogen-bond donors (Lipinski definition) is 0. The van der Waals surface area contributed by atoms with Crippen molar-refractivity contribution in [3.05, 3.63) is 47.1 Å². The molecule has 2 fully saturated rings. The number of ether oxygens (including phenoxy) is 2. The zero-order valence-corrected chi connectivity index (χ0v) is 18.6. The number of aryl methyl sites for hydroxylation is 1. The number of nitrogens with zero attached hydrogens (tertiary/aromatic N) is 3. The van der Waals surface area contributed by atoms with Crippen LogP contribution in [0.3, 0.4) is 0 Å². The fourth-order valence-corrected chi connectivity index (χ4v) is 4.62. The molecule has 7 nitrogen and oxygen atoms in total. The van der Waals surface area contributed by atoms with Crippen molar-refractivity contribution in [2.75, 3.05) is 40.0 Å². The van der Waals surface area contributed by atoms with E-state index in [1.165, 1.54) is 5.56 Å². The lowest BCUT2D eigenvalue weighted by molar-refractivity contribution is -0.132. The van der Waals surface area contributed by atoms with Crippen LogP contribution < -0.4 is 0 Å². The molecule has 0 atom stereocenters. The summed E-state index contributed by atoms with van der Waals surface area (Å²) < 4.78 is 16.5. The normalized spacial score (nSPS) is 19.5. The molecule has 2 saturated heterocycles. The van der Waals surface area contributed by atoms with E-state index in [1.807, 2.05) is 17.0 Å². The van der Waals surface area contributed by atoms with Crippen LogP contribution in [0, 0.1) is 6.92 Å². The van der Waals surface area contributed by atoms with Crippen molar-refractivity contribution in [1.29, 1.82) is 0 Å². The van der Waals surface area contributed by atoms with Crippen molar-refractivity contribution in [3.63, 3.8) is 0 Å². The number of piperidine rings is 1. The fraction of sp³-hybridized carbons (Fsp3) is 0.625. The second-order valence-electron chi connectivity index (χ2n) is 8.91. The van der Waals surface area contributed by atoms with Gasteiger partial charge in [0, 0.05) is 51.4 Å². The molecule has 1 aromatic carbocycles. The predicted octanol–water partition coefficient (Wildman–Crippen LogP) is 3.41. The number of rotatable bonds is 7. The molecule has 0 N–H and O–H groups in total. The first-order valence-corrected chi connectivity index (χ1v) is 11.3. The van der Waals surface area contributed by atoms with Crippen LogP contribution in [0.25, 0.3) is 0 Å². The summed E-state index contributed by atoms with van der Waals surface area (Å²) in [6, 6.07) is 8.19. The van der Waals surface area contributed by atoms with Crippen LogP contribution >= 0.6 is 0 Å².